The summed E-state index contributed by atoms with van der Waals surface area (Å²) in [6.45, 7) is 6.04. The first-order valence-electron chi connectivity index (χ1n) is 9.75. The molecule has 1 aliphatic rings. The van der Waals surface area contributed by atoms with Crippen molar-refractivity contribution < 1.29 is 27.0 Å². The van der Waals surface area contributed by atoms with Crippen LogP contribution >= 0.6 is 0 Å². The summed E-state index contributed by atoms with van der Waals surface area (Å²) in [5, 5.41) is 7.69. The van der Waals surface area contributed by atoms with Crippen molar-refractivity contribution in [3.05, 3.63) is 40.5 Å². The van der Waals surface area contributed by atoms with E-state index in [0.29, 0.717) is 25.1 Å². The Balaban J connectivity index is 1.65. The van der Waals surface area contributed by atoms with Crippen LogP contribution in [0.3, 0.4) is 0 Å². The van der Waals surface area contributed by atoms with E-state index in [9.17, 15) is 18.0 Å². The van der Waals surface area contributed by atoms with Crippen LogP contribution < -0.4 is 0 Å². The standard InChI is InChI=1S/C20H21F3N4O3/c1-10(2)14-8-15(29-25-14)19(28)27-6-4-5-12(9-27)17-16-13(20(21,22)23)7-11(3)24-18(16)30-26-17/h7-8,10,12H,4-6,9H2,1-3H3. The van der Waals surface area contributed by atoms with Gasteiger partial charge in [0.1, 0.15) is 0 Å². The van der Waals surface area contributed by atoms with Gasteiger partial charge < -0.3 is 13.9 Å². The average Bonchev–Trinajstić information content (AvgIpc) is 3.33. The Bertz CT molecular complexity index is 1090. The molecule has 1 saturated heterocycles. The molecule has 0 bridgehead atoms. The van der Waals surface area contributed by atoms with Gasteiger partial charge in [0.15, 0.2) is 0 Å². The summed E-state index contributed by atoms with van der Waals surface area (Å²) >= 11 is 0. The number of pyridine rings is 1. The molecule has 0 N–H and O–H groups in total. The number of alkyl halides is 3. The van der Waals surface area contributed by atoms with Crippen molar-refractivity contribution in [1.82, 2.24) is 20.2 Å². The number of amides is 1. The molecule has 1 aliphatic heterocycles. The minimum absolute atomic E-state index is 0.114. The molecule has 0 aliphatic carbocycles. The quantitative estimate of drug-likeness (QED) is 0.609. The van der Waals surface area contributed by atoms with Crippen LogP contribution in [0.4, 0.5) is 13.2 Å². The van der Waals surface area contributed by atoms with Crippen molar-refractivity contribution >= 4 is 17.0 Å². The molecular weight excluding hydrogens is 401 g/mol. The third-order valence-corrected chi connectivity index (χ3v) is 5.33. The normalized spacial score (nSPS) is 17.8. The van der Waals surface area contributed by atoms with Gasteiger partial charge in [0.2, 0.25) is 5.76 Å². The van der Waals surface area contributed by atoms with Crippen LogP contribution in [-0.2, 0) is 6.18 Å². The van der Waals surface area contributed by atoms with E-state index in [1.165, 1.54) is 6.92 Å². The predicted octanol–water partition coefficient (Wildman–Crippen LogP) is 4.68. The minimum Gasteiger partial charge on any atom is -0.351 e. The molecule has 1 amide bonds. The number of hydrogen-bond donors (Lipinski definition) is 0. The van der Waals surface area contributed by atoms with Gasteiger partial charge in [-0.25, -0.2) is 4.98 Å². The topological polar surface area (TPSA) is 85.3 Å². The minimum atomic E-state index is -4.57. The molecule has 1 unspecified atom stereocenters. The summed E-state index contributed by atoms with van der Waals surface area (Å²) in [6, 6.07) is 2.60. The first-order valence-corrected chi connectivity index (χ1v) is 9.75. The zero-order valence-electron chi connectivity index (χ0n) is 16.8. The number of piperidine rings is 1. The van der Waals surface area contributed by atoms with Crippen LogP contribution in [0.25, 0.3) is 11.1 Å². The van der Waals surface area contributed by atoms with Crippen LogP contribution in [-0.4, -0.2) is 39.2 Å². The molecule has 0 radical (unpaired) electrons. The van der Waals surface area contributed by atoms with E-state index < -0.39 is 17.7 Å². The number of rotatable bonds is 3. The number of carbonyl (C=O) groups excluding carboxylic acids is 1. The maximum atomic E-state index is 13.6. The van der Waals surface area contributed by atoms with Gasteiger partial charge in [-0.2, -0.15) is 13.2 Å². The van der Waals surface area contributed by atoms with Crippen LogP contribution in [0.5, 0.6) is 0 Å². The molecule has 1 fully saturated rings. The molecule has 10 heteroatoms. The molecule has 0 spiro atoms. The van der Waals surface area contributed by atoms with E-state index in [4.69, 9.17) is 9.05 Å². The second kappa shape index (κ2) is 7.41. The number of aromatic nitrogens is 3. The fourth-order valence-electron chi connectivity index (χ4n) is 3.80. The lowest BCUT2D eigenvalue weighted by Crippen LogP contribution is -2.39. The van der Waals surface area contributed by atoms with Crippen LogP contribution in [0.15, 0.2) is 21.2 Å². The molecule has 3 aromatic heterocycles. The molecule has 0 aromatic carbocycles. The van der Waals surface area contributed by atoms with Gasteiger partial charge in [0.05, 0.1) is 22.3 Å². The number of aryl methyl sites for hydroxylation is 1. The number of halogens is 3. The Morgan fingerprint density at radius 1 is 1.23 bits per heavy atom. The molecule has 3 aromatic rings. The lowest BCUT2D eigenvalue weighted by Gasteiger charge is -2.31. The fourth-order valence-corrected chi connectivity index (χ4v) is 3.80. The fraction of sp³-hybridized carbons (Fsp3) is 0.500. The summed E-state index contributed by atoms with van der Waals surface area (Å²) in [6.07, 6.45) is -3.36. The van der Waals surface area contributed by atoms with Crippen molar-refractivity contribution in [2.75, 3.05) is 13.1 Å². The summed E-state index contributed by atoms with van der Waals surface area (Å²) in [4.78, 5) is 18.5. The third kappa shape index (κ3) is 3.66. The Hall–Kier alpha value is -2.91. The smallest absolute Gasteiger partial charge is 0.351 e. The molecule has 30 heavy (non-hydrogen) atoms. The van der Waals surface area contributed by atoms with Crippen molar-refractivity contribution in [2.45, 2.75) is 51.6 Å². The highest BCUT2D eigenvalue weighted by Gasteiger charge is 2.38. The van der Waals surface area contributed by atoms with Crippen molar-refractivity contribution in [1.29, 1.82) is 0 Å². The first kappa shape index (κ1) is 20.4. The van der Waals surface area contributed by atoms with Gasteiger partial charge in [-0.15, -0.1) is 0 Å². The number of fused-ring (bicyclic) bond motifs is 1. The highest BCUT2D eigenvalue weighted by atomic mass is 19.4. The van der Waals surface area contributed by atoms with E-state index in [-0.39, 0.29) is 46.6 Å². The number of nitrogens with zero attached hydrogens (tertiary/aromatic N) is 4. The molecule has 1 atom stereocenters. The Kier molecular flexibility index (Phi) is 5.03. The zero-order valence-corrected chi connectivity index (χ0v) is 16.8. The van der Waals surface area contributed by atoms with Crippen LogP contribution in [0.1, 0.15) is 71.7 Å². The maximum Gasteiger partial charge on any atom is 0.417 e. The van der Waals surface area contributed by atoms with E-state index >= 15 is 0 Å². The first-order chi connectivity index (χ1) is 14.1. The highest BCUT2D eigenvalue weighted by Crippen LogP contribution is 2.40. The largest absolute Gasteiger partial charge is 0.417 e. The molecule has 4 rings (SSSR count). The Morgan fingerprint density at radius 3 is 2.67 bits per heavy atom. The van der Waals surface area contributed by atoms with E-state index in [1.54, 1.807) is 11.0 Å². The predicted molar refractivity (Wildman–Crippen MR) is 100 cm³/mol. The summed E-state index contributed by atoms with van der Waals surface area (Å²) in [7, 11) is 0. The average molecular weight is 422 g/mol. The summed E-state index contributed by atoms with van der Waals surface area (Å²) in [5.74, 6) is -0.501. The van der Waals surface area contributed by atoms with Crippen molar-refractivity contribution in [3.63, 3.8) is 0 Å². The molecule has 4 heterocycles. The second-order valence-electron chi connectivity index (χ2n) is 7.92. The zero-order chi connectivity index (χ0) is 21.6. The molecule has 7 nitrogen and oxygen atoms in total. The van der Waals surface area contributed by atoms with Gasteiger partial charge in [0.25, 0.3) is 11.6 Å². The second-order valence-corrected chi connectivity index (χ2v) is 7.92. The molecular formula is C20H21F3N4O3. The Morgan fingerprint density at radius 2 is 2.00 bits per heavy atom. The molecule has 0 saturated carbocycles. The third-order valence-electron chi connectivity index (χ3n) is 5.33. The lowest BCUT2D eigenvalue weighted by atomic mass is 9.91. The Labute approximate surface area is 170 Å². The van der Waals surface area contributed by atoms with Gasteiger partial charge in [-0.3, -0.25) is 4.79 Å². The number of likely N-dealkylation sites (tertiary alicyclic amines) is 1. The van der Waals surface area contributed by atoms with E-state index in [0.717, 1.165) is 6.07 Å². The van der Waals surface area contributed by atoms with Gasteiger partial charge >= 0.3 is 6.18 Å². The van der Waals surface area contributed by atoms with Crippen LogP contribution in [0.2, 0.25) is 0 Å². The van der Waals surface area contributed by atoms with Gasteiger partial charge in [-0.05, 0) is 31.7 Å². The van der Waals surface area contributed by atoms with Gasteiger partial charge in [-0.1, -0.05) is 24.2 Å². The summed E-state index contributed by atoms with van der Waals surface area (Å²) in [5.41, 5.74) is 0.0942. The maximum absolute atomic E-state index is 13.6. The monoisotopic (exact) mass is 422 g/mol. The molecule has 160 valence electrons. The van der Waals surface area contributed by atoms with Crippen LogP contribution in [0, 0.1) is 6.92 Å². The van der Waals surface area contributed by atoms with E-state index in [1.807, 2.05) is 13.8 Å². The van der Waals surface area contributed by atoms with Crippen molar-refractivity contribution in [2.24, 2.45) is 0 Å². The van der Waals surface area contributed by atoms with Gasteiger partial charge in [0, 0.05) is 30.8 Å². The SMILES string of the molecule is Cc1cc(C(F)(F)F)c2c(C3CCCN(C(=O)c4cc(C(C)C)no4)C3)noc2n1. The summed E-state index contributed by atoms with van der Waals surface area (Å²) < 4.78 is 51.2. The lowest BCUT2D eigenvalue weighted by molar-refractivity contribution is -0.136. The van der Waals surface area contributed by atoms with Crippen molar-refractivity contribution in [3.8, 4) is 0 Å². The number of carbonyl (C=O) groups is 1. The number of hydrogen-bond acceptors (Lipinski definition) is 6. The van der Waals surface area contributed by atoms with E-state index in [2.05, 4.69) is 15.3 Å². The highest BCUT2D eigenvalue weighted by molar-refractivity contribution is 5.91.